The molecular formula is C13H16N2O5. The van der Waals surface area contributed by atoms with E-state index in [9.17, 15) is 25.1 Å². The standard InChI is InChI=1S/C13H16N2O5/c1-14(7-8-4-10(17)5-8)13(18)11-6-9(16)2-3-12(11)15(19)20/h2-3,6,8,10,16-17H,4-5,7H2,1H3. The van der Waals surface area contributed by atoms with Gasteiger partial charge in [-0.25, -0.2) is 0 Å². The summed E-state index contributed by atoms with van der Waals surface area (Å²) < 4.78 is 0. The third-order valence-electron chi connectivity index (χ3n) is 3.50. The molecule has 1 aromatic carbocycles. The number of nitro groups is 1. The lowest BCUT2D eigenvalue weighted by atomic mass is 9.82. The summed E-state index contributed by atoms with van der Waals surface area (Å²) in [6, 6.07) is 3.40. The minimum absolute atomic E-state index is 0.127. The van der Waals surface area contributed by atoms with E-state index in [1.54, 1.807) is 7.05 Å². The number of amides is 1. The maximum absolute atomic E-state index is 12.2. The number of carbonyl (C=O) groups is 1. The van der Waals surface area contributed by atoms with Gasteiger partial charge in [0.1, 0.15) is 11.3 Å². The molecule has 1 aromatic rings. The molecule has 0 aliphatic heterocycles. The van der Waals surface area contributed by atoms with E-state index in [0.717, 1.165) is 12.1 Å². The van der Waals surface area contributed by atoms with E-state index < -0.39 is 10.8 Å². The van der Waals surface area contributed by atoms with Gasteiger partial charge in [-0.05, 0) is 30.9 Å². The molecule has 2 rings (SSSR count). The van der Waals surface area contributed by atoms with Gasteiger partial charge in [0, 0.05) is 19.7 Å². The highest BCUT2D eigenvalue weighted by atomic mass is 16.6. The van der Waals surface area contributed by atoms with Crippen LogP contribution in [0.25, 0.3) is 0 Å². The first-order valence-electron chi connectivity index (χ1n) is 6.29. The molecule has 1 aliphatic carbocycles. The van der Waals surface area contributed by atoms with Gasteiger partial charge in [-0.2, -0.15) is 0 Å². The minimum Gasteiger partial charge on any atom is -0.508 e. The van der Waals surface area contributed by atoms with Crippen molar-refractivity contribution in [3.05, 3.63) is 33.9 Å². The van der Waals surface area contributed by atoms with Crippen LogP contribution in [-0.2, 0) is 0 Å². The number of nitrogens with zero attached hydrogens (tertiary/aromatic N) is 2. The summed E-state index contributed by atoms with van der Waals surface area (Å²) in [5, 5.41) is 29.5. The van der Waals surface area contributed by atoms with Crippen LogP contribution in [0.4, 0.5) is 5.69 Å². The molecule has 1 aliphatic rings. The molecule has 0 spiro atoms. The van der Waals surface area contributed by atoms with Gasteiger partial charge in [0.15, 0.2) is 0 Å². The molecule has 20 heavy (non-hydrogen) atoms. The number of benzene rings is 1. The lowest BCUT2D eigenvalue weighted by Crippen LogP contribution is -2.39. The van der Waals surface area contributed by atoms with Gasteiger partial charge < -0.3 is 15.1 Å². The fraction of sp³-hybridized carbons (Fsp3) is 0.462. The van der Waals surface area contributed by atoms with Crippen molar-refractivity contribution in [2.45, 2.75) is 18.9 Å². The Balaban J connectivity index is 2.15. The molecule has 0 saturated heterocycles. The zero-order valence-corrected chi connectivity index (χ0v) is 11.0. The van der Waals surface area contributed by atoms with Crippen molar-refractivity contribution < 1.29 is 19.9 Å². The second kappa shape index (κ2) is 5.46. The number of carbonyl (C=O) groups excluding carboxylic acids is 1. The highest BCUT2D eigenvalue weighted by molar-refractivity contribution is 5.98. The summed E-state index contributed by atoms with van der Waals surface area (Å²) in [6.07, 6.45) is 0.970. The van der Waals surface area contributed by atoms with E-state index in [-0.39, 0.29) is 29.0 Å². The molecular weight excluding hydrogens is 264 g/mol. The Morgan fingerprint density at radius 3 is 2.70 bits per heavy atom. The maximum Gasteiger partial charge on any atom is 0.282 e. The zero-order chi connectivity index (χ0) is 14.9. The Morgan fingerprint density at radius 1 is 1.50 bits per heavy atom. The second-order valence-electron chi connectivity index (χ2n) is 5.14. The van der Waals surface area contributed by atoms with Crippen LogP contribution < -0.4 is 0 Å². The first kappa shape index (κ1) is 14.3. The summed E-state index contributed by atoms with van der Waals surface area (Å²) in [4.78, 5) is 23.9. The molecule has 108 valence electrons. The number of rotatable bonds is 4. The predicted octanol–water partition coefficient (Wildman–Crippen LogP) is 1.14. The monoisotopic (exact) mass is 280 g/mol. The molecule has 1 amide bonds. The summed E-state index contributed by atoms with van der Waals surface area (Å²) in [6.45, 7) is 0.433. The number of hydrogen-bond acceptors (Lipinski definition) is 5. The highest BCUT2D eigenvalue weighted by Crippen LogP contribution is 2.29. The van der Waals surface area contributed by atoms with Gasteiger partial charge in [-0.1, -0.05) is 0 Å². The van der Waals surface area contributed by atoms with Gasteiger partial charge in [-0.3, -0.25) is 14.9 Å². The van der Waals surface area contributed by atoms with E-state index in [1.807, 2.05) is 0 Å². The van der Waals surface area contributed by atoms with Crippen molar-refractivity contribution in [2.24, 2.45) is 5.92 Å². The molecule has 1 saturated carbocycles. The van der Waals surface area contributed by atoms with E-state index in [4.69, 9.17) is 0 Å². The van der Waals surface area contributed by atoms with Crippen molar-refractivity contribution in [1.82, 2.24) is 4.90 Å². The molecule has 0 bridgehead atoms. The second-order valence-corrected chi connectivity index (χ2v) is 5.14. The lowest BCUT2D eigenvalue weighted by Gasteiger charge is -2.34. The molecule has 1 fully saturated rings. The number of phenols is 1. The fourth-order valence-corrected chi connectivity index (χ4v) is 2.38. The predicted molar refractivity (Wildman–Crippen MR) is 70.5 cm³/mol. The first-order chi connectivity index (χ1) is 9.38. The minimum atomic E-state index is -0.645. The number of hydrogen-bond donors (Lipinski definition) is 2. The third kappa shape index (κ3) is 2.88. The van der Waals surface area contributed by atoms with Crippen LogP contribution in [0.2, 0.25) is 0 Å². The zero-order valence-electron chi connectivity index (χ0n) is 11.0. The number of aliphatic hydroxyl groups is 1. The molecule has 0 unspecified atom stereocenters. The Bertz CT molecular complexity index is 540. The first-order valence-corrected chi connectivity index (χ1v) is 6.29. The number of phenolic OH excluding ortho intramolecular Hbond substituents is 1. The Kier molecular flexibility index (Phi) is 3.89. The molecule has 0 heterocycles. The van der Waals surface area contributed by atoms with Gasteiger partial charge in [0.05, 0.1) is 11.0 Å². The average molecular weight is 280 g/mol. The molecule has 2 N–H and O–H groups in total. The Labute approximate surface area is 115 Å². The molecule has 0 aromatic heterocycles. The van der Waals surface area contributed by atoms with Crippen LogP contribution in [0.1, 0.15) is 23.2 Å². The average Bonchev–Trinajstić information content (AvgIpc) is 2.35. The normalized spacial score (nSPS) is 21.1. The smallest absolute Gasteiger partial charge is 0.282 e. The van der Waals surface area contributed by atoms with Gasteiger partial charge in [0.25, 0.3) is 11.6 Å². The quantitative estimate of drug-likeness (QED) is 0.635. The molecule has 0 atom stereocenters. The van der Waals surface area contributed by atoms with Crippen molar-refractivity contribution in [3.63, 3.8) is 0 Å². The van der Waals surface area contributed by atoms with E-state index in [1.165, 1.54) is 11.0 Å². The summed E-state index contributed by atoms with van der Waals surface area (Å²) >= 11 is 0. The lowest BCUT2D eigenvalue weighted by molar-refractivity contribution is -0.385. The van der Waals surface area contributed by atoms with Gasteiger partial charge in [-0.15, -0.1) is 0 Å². The van der Waals surface area contributed by atoms with E-state index in [2.05, 4.69) is 0 Å². The van der Waals surface area contributed by atoms with E-state index in [0.29, 0.717) is 19.4 Å². The fourth-order valence-electron chi connectivity index (χ4n) is 2.38. The van der Waals surface area contributed by atoms with Crippen LogP contribution in [0, 0.1) is 16.0 Å². The molecule has 7 heteroatoms. The maximum atomic E-state index is 12.2. The van der Waals surface area contributed by atoms with Gasteiger partial charge >= 0.3 is 0 Å². The van der Waals surface area contributed by atoms with Crippen LogP contribution in [0.15, 0.2) is 18.2 Å². The number of aromatic hydroxyl groups is 1. The summed E-state index contributed by atoms with van der Waals surface area (Å²) in [5.41, 5.74) is -0.453. The highest BCUT2D eigenvalue weighted by Gasteiger charge is 2.31. The number of aliphatic hydroxyl groups excluding tert-OH is 1. The summed E-state index contributed by atoms with van der Waals surface area (Å²) in [5.74, 6) is -0.476. The molecule has 7 nitrogen and oxygen atoms in total. The third-order valence-corrected chi connectivity index (χ3v) is 3.50. The SMILES string of the molecule is CN(CC1CC(O)C1)C(=O)c1cc(O)ccc1[N+](=O)[O-]. The van der Waals surface area contributed by atoms with Crippen LogP contribution in [0.5, 0.6) is 5.75 Å². The summed E-state index contributed by atoms with van der Waals surface area (Å²) in [7, 11) is 1.56. The Hall–Kier alpha value is -2.15. The largest absolute Gasteiger partial charge is 0.508 e. The topological polar surface area (TPSA) is 104 Å². The van der Waals surface area contributed by atoms with Gasteiger partial charge in [0.2, 0.25) is 0 Å². The van der Waals surface area contributed by atoms with Crippen molar-refractivity contribution >= 4 is 11.6 Å². The number of nitro benzene ring substituents is 1. The molecule has 0 radical (unpaired) electrons. The van der Waals surface area contributed by atoms with Crippen molar-refractivity contribution in [1.29, 1.82) is 0 Å². The van der Waals surface area contributed by atoms with E-state index >= 15 is 0 Å². The van der Waals surface area contributed by atoms with Crippen molar-refractivity contribution in [2.75, 3.05) is 13.6 Å². The Morgan fingerprint density at radius 2 is 2.15 bits per heavy atom. The van der Waals surface area contributed by atoms with Crippen LogP contribution in [-0.4, -0.2) is 45.6 Å². The van der Waals surface area contributed by atoms with Crippen LogP contribution in [0.3, 0.4) is 0 Å². The van der Waals surface area contributed by atoms with Crippen LogP contribution >= 0.6 is 0 Å². The van der Waals surface area contributed by atoms with Crippen molar-refractivity contribution in [3.8, 4) is 5.75 Å².